The summed E-state index contributed by atoms with van der Waals surface area (Å²) in [4.78, 5) is 27.2. The number of carbonyl (C=O) groups excluding carboxylic acids is 2. The molecule has 1 unspecified atom stereocenters. The van der Waals surface area contributed by atoms with E-state index in [2.05, 4.69) is 21.2 Å². The fraction of sp³-hybridized carbons (Fsp3) is 0.333. The Morgan fingerprint density at radius 3 is 2.33 bits per heavy atom. The van der Waals surface area contributed by atoms with Gasteiger partial charge in [0.15, 0.2) is 0 Å². The van der Waals surface area contributed by atoms with Gasteiger partial charge in [0.25, 0.3) is 0 Å². The largest absolute Gasteiger partial charge is 0.461 e. The number of hydrogen-bond donors (Lipinski definition) is 1. The highest BCUT2D eigenvalue weighted by molar-refractivity contribution is 9.10. The molecule has 3 aromatic carbocycles. The Morgan fingerprint density at radius 2 is 1.70 bits per heavy atom. The molecule has 1 saturated carbocycles. The molecule has 1 aliphatic carbocycles. The van der Waals surface area contributed by atoms with Gasteiger partial charge in [0.2, 0.25) is 5.91 Å². The van der Waals surface area contributed by atoms with Gasteiger partial charge in [0.05, 0.1) is 23.1 Å². The first kappa shape index (κ1) is 29.7. The molecule has 0 bridgehead atoms. The van der Waals surface area contributed by atoms with Crippen molar-refractivity contribution >= 4 is 33.5 Å². The van der Waals surface area contributed by atoms with E-state index in [1.54, 1.807) is 7.11 Å². The number of rotatable bonds is 8. The third kappa shape index (κ3) is 7.28. The number of nitrogens with one attached hydrogen (secondary N) is 1. The maximum atomic E-state index is 14.6. The highest BCUT2D eigenvalue weighted by atomic mass is 79.9. The standard InChI is InChI=1S/C30H28BrF4NO4/c1-39-16-19-13-23(20-7-10-22(31)11-8-20)27(29(38)40-17-18-5-3-2-4-6-18)24(14-19)28(37)36-26-12-9-21(15-25(26)32)30(33,34)35/h2-12,15,19,23-24,27H,13-14,16-17H2,1H3,(H,36,37)/t19?,23-,24-,27-/m1/s1. The molecule has 0 radical (unpaired) electrons. The van der Waals surface area contributed by atoms with Crippen molar-refractivity contribution in [2.75, 3.05) is 19.0 Å². The van der Waals surface area contributed by atoms with Crippen LogP contribution in [0.2, 0.25) is 0 Å². The second kappa shape index (κ2) is 13.0. The summed E-state index contributed by atoms with van der Waals surface area (Å²) in [5.41, 5.74) is 0.0306. The van der Waals surface area contributed by atoms with E-state index in [-0.39, 0.29) is 18.9 Å². The van der Waals surface area contributed by atoms with Gasteiger partial charge in [0.1, 0.15) is 12.4 Å². The van der Waals surface area contributed by atoms with Gasteiger partial charge < -0.3 is 14.8 Å². The summed E-state index contributed by atoms with van der Waals surface area (Å²) in [5, 5.41) is 2.42. The molecule has 1 amide bonds. The normalized spacial score (nSPS) is 21.1. The Hall–Kier alpha value is -3.24. The number of halogens is 5. The first-order valence-corrected chi connectivity index (χ1v) is 13.5. The SMILES string of the molecule is COCC1C[C@H](c2ccc(Br)cc2)[C@@H](C(=O)OCc2ccccc2)[C@H](C(=O)Nc2ccc(C(F)(F)F)cc2F)C1. The number of carbonyl (C=O) groups is 2. The van der Waals surface area contributed by atoms with Crippen LogP contribution in [-0.4, -0.2) is 25.6 Å². The number of benzene rings is 3. The van der Waals surface area contributed by atoms with Gasteiger partial charge >= 0.3 is 12.1 Å². The molecule has 0 saturated heterocycles. The van der Waals surface area contributed by atoms with Crippen molar-refractivity contribution in [3.8, 4) is 0 Å². The summed E-state index contributed by atoms with van der Waals surface area (Å²) in [6.07, 6.45) is -3.94. The minimum atomic E-state index is -4.73. The van der Waals surface area contributed by atoms with Gasteiger partial charge in [-0.3, -0.25) is 9.59 Å². The average Bonchev–Trinajstić information content (AvgIpc) is 2.93. The quantitative estimate of drug-likeness (QED) is 0.211. The van der Waals surface area contributed by atoms with Crippen LogP contribution < -0.4 is 5.32 Å². The van der Waals surface area contributed by atoms with E-state index in [0.717, 1.165) is 21.7 Å². The Morgan fingerprint density at radius 1 is 1.00 bits per heavy atom. The number of ether oxygens (including phenoxy) is 2. The summed E-state index contributed by atoms with van der Waals surface area (Å²) < 4.78 is 65.6. The number of alkyl halides is 3. The molecular formula is C30H28BrF4NO4. The number of hydrogen-bond acceptors (Lipinski definition) is 4. The van der Waals surface area contributed by atoms with Gasteiger partial charge in [-0.1, -0.05) is 58.4 Å². The van der Waals surface area contributed by atoms with Crippen molar-refractivity contribution in [2.45, 2.75) is 31.5 Å². The van der Waals surface area contributed by atoms with Crippen LogP contribution in [0.3, 0.4) is 0 Å². The van der Waals surface area contributed by atoms with Crippen molar-refractivity contribution < 1.29 is 36.6 Å². The molecule has 1 aliphatic rings. The van der Waals surface area contributed by atoms with Crippen molar-refractivity contribution in [3.05, 3.63) is 99.8 Å². The first-order chi connectivity index (χ1) is 19.1. The maximum Gasteiger partial charge on any atom is 0.416 e. The summed E-state index contributed by atoms with van der Waals surface area (Å²) in [6.45, 7) is 0.337. The van der Waals surface area contributed by atoms with Gasteiger partial charge in [0, 0.05) is 18.2 Å². The lowest BCUT2D eigenvalue weighted by molar-refractivity contribution is -0.157. The Bertz CT molecular complexity index is 1320. The van der Waals surface area contributed by atoms with Crippen LogP contribution in [0.4, 0.5) is 23.2 Å². The molecule has 1 N–H and O–H groups in total. The van der Waals surface area contributed by atoms with Gasteiger partial charge in [-0.25, -0.2) is 4.39 Å². The van der Waals surface area contributed by atoms with Crippen LogP contribution in [0.5, 0.6) is 0 Å². The predicted octanol–water partition coefficient (Wildman–Crippen LogP) is 7.36. The molecule has 1 fully saturated rings. The summed E-state index contributed by atoms with van der Waals surface area (Å²) >= 11 is 3.42. The molecule has 40 heavy (non-hydrogen) atoms. The van der Waals surface area contributed by atoms with E-state index < -0.39 is 52.9 Å². The van der Waals surface area contributed by atoms with Crippen LogP contribution in [0.25, 0.3) is 0 Å². The smallest absolute Gasteiger partial charge is 0.416 e. The van der Waals surface area contributed by atoms with E-state index >= 15 is 0 Å². The van der Waals surface area contributed by atoms with Crippen molar-refractivity contribution in [2.24, 2.45) is 17.8 Å². The zero-order chi connectivity index (χ0) is 28.9. The Labute approximate surface area is 238 Å². The summed E-state index contributed by atoms with van der Waals surface area (Å²) in [7, 11) is 1.54. The van der Waals surface area contributed by atoms with Crippen molar-refractivity contribution in [3.63, 3.8) is 0 Å². The molecule has 0 spiro atoms. The fourth-order valence-electron chi connectivity index (χ4n) is 5.26. The van der Waals surface area contributed by atoms with Crippen LogP contribution in [0, 0.1) is 23.6 Å². The second-order valence-electron chi connectivity index (χ2n) is 9.86. The Balaban J connectivity index is 1.66. The average molecular weight is 622 g/mol. The first-order valence-electron chi connectivity index (χ1n) is 12.7. The molecule has 0 heterocycles. The topological polar surface area (TPSA) is 64.6 Å². The molecular weight excluding hydrogens is 594 g/mol. The molecule has 0 aliphatic heterocycles. The number of anilines is 1. The lowest BCUT2D eigenvalue weighted by Gasteiger charge is -2.40. The lowest BCUT2D eigenvalue weighted by atomic mass is 9.65. The monoisotopic (exact) mass is 621 g/mol. The number of methoxy groups -OCH3 is 1. The van der Waals surface area contributed by atoms with E-state index in [1.807, 2.05) is 54.6 Å². The molecule has 0 aromatic heterocycles. The molecule has 4 atom stereocenters. The van der Waals surface area contributed by atoms with E-state index in [1.165, 1.54) is 0 Å². The molecule has 3 aromatic rings. The van der Waals surface area contributed by atoms with Gasteiger partial charge in [-0.05, 0) is 66.1 Å². The van der Waals surface area contributed by atoms with Crippen LogP contribution in [0.15, 0.2) is 77.3 Å². The second-order valence-corrected chi connectivity index (χ2v) is 10.8. The van der Waals surface area contributed by atoms with E-state index in [0.29, 0.717) is 25.2 Å². The Kier molecular flexibility index (Phi) is 9.63. The maximum absolute atomic E-state index is 14.6. The lowest BCUT2D eigenvalue weighted by Crippen LogP contribution is -2.44. The van der Waals surface area contributed by atoms with E-state index in [4.69, 9.17) is 9.47 Å². The van der Waals surface area contributed by atoms with Crippen LogP contribution >= 0.6 is 15.9 Å². The third-order valence-corrected chi connectivity index (χ3v) is 7.66. The molecule has 10 heteroatoms. The zero-order valence-electron chi connectivity index (χ0n) is 21.6. The zero-order valence-corrected chi connectivity index (χ0v) is 23.2. The van der Waals surface area contributed by atoms with Crippen LogP contribution in [-0.2, 0) is 31.8 Å². The van der Waals surface area contributed by atoms with E-state index in [9.17, 15) is 27.2 Å². The molecule has 212 valence electrons. The predicted molar refractivity (Wildman–Crippen MR) is 145 cm³/mol. The number of amides is 1. The highest BCUT2D eigenvalue weighted by Crippen LogP contribution is 2.46. The molecule has 5 nitrogen and oxygen atoms in total. The fourth-order valence-corrected chi connectivity index (χ4v) is 5.52. The highest BCUT2D eigenvalue weighted by Gasteiger charge is 2.47. The van der Waals surface area contributed by atoms with Gasteiger partial charge in [-0.15, -0.1) is 0 Å². The van der Waals surface area contributed by atoms with Crippen LogP contribution in [0.1, 0.15) is 35.4 Å². The number of esters is 1. The van der Waals surface area contributed by atoms with Crippen molar-refractivity contribution in [1.29, 1.82) is 0 Å². The third-order valence-electron chi connectivity index (χ3n) is 7.13. The summed E-state index contributed by atoms with van der Waals surface area (Å²) in [5.74, 6) is -4.88. The molecule has 4 rings (SSSR count). The van der Waals surface area contributed by atoms with Crippen molar-refractivity contribution in [1.82, 2.24) is 0 Å². The minimum Gasteiger partial charge on any atom is -0.461 e. The van der Waals surface area contributed by atoms with Gasteiger partial charge in [-0.2, -0.15) is 13.2 Å². The minimum absolute atomic E-state index is 0.00655. The summed E-state index contributed by atoms with van der Waals surface area (Å²) in [6, 6.07) is 18.4.